The molecule has 1 heterocycles. The smallest absolute Gasteiger partial charge is 0.0620 e. The van der Waals surface area contributed by atoms with Crippen molar-refractivity contribution in [3.05, 3.63) is 0 Å². The Morgan fingerprint density at radius 3 is 2.13 bits per heavy atom. The number of rotatable bonds is 6. The molecule has 2 heteroatoms. The molecule has 15 heavy (non-hydrogen) atoms. The quantitative estimate of drug-likeness (QED) is 0.732. The van der Waals surface area contributed by atoms with Gasteiger partial charge in [0.1, 0.15) is 0 Å². The highest BCUT2D eigenvalue weighted by Gasteiger charge is 2.20. The van der Waals surface area contributed by atoms with Crippen LogP contribution in [0.15, 0.2) is 0 Å². The highest BCUT2D eigenvalue weighted by Crippen LogP contribution is 2.15. The maximum absolute atomic E-state index is 5.41. The lowest BCUT2D eigenvalue weighted by Gasteiger charge is -2.25. The summed E-state index contributed by atoms with van der Waals surface area (Å²) in [4.78, 5) is 0. The molecule has 0 aromatic heterocycles. The van der Waals surface area contributed by atoms with Gasteiger partial charge in [0.15, 0.2) is 0 Å². The summed E-state index contributed by atoms with van der Waals surface area (Å²) in [7, 11) is 0. The molecule has 0 aromatic rings. The fraction of sp³-hybridized carbons (Fsp3) is 1.00. The van der Waals surface area contributed by atoms with E-state index < -0.39 is 0 Å². The van der Waals surface area contributed by atoms with E-state index in [1.165, 1.54) is 19.3 Å². The van der Waals surface area contributed by atoms with Gasteiger partial charge in [-0.1, -0.05) is 27.7 Å². The van der Waals surface area contributed by atoms with Crippen molar-refractivity contribution >= 4 is 0 Å². The van der Waals surface area contributed by atoms with E-state index in [2.05, 4.69) is 33.0 Å². The highest BCUT2D eigenvalue weighted by atomic mass is 16.5. The summed E-state index contributed by atoms with van der Waals surface area (Å²) in [6, 6.07) is 1.28. The molecule has 0 amide bonds. The molecule has 1 unspecified atom stereocenters. The van der Waals surface area contributed by atoms with Crippen molar-refractivity contribution in [3.8, 4) is 0 Å². The SMILES string of the molecule is CC(C)CC(CC(C)C)NC1CCOC1. The summed E-state index contributed by atoms with van der Waals surface area (Å²) < 4.78 is 5.41. The van der Waals surface area contributed by atoms with Gasteiger partial charge in [0.05, 0.1) is 6.61 Å². The molecule has 1 rings (SSSR count). The molecule has 1 fully saturated rings. The second kappa shape index (κ2) is 6.49. The van der Waals surface area contributed by atoms with E-state index in [9.17, 15) is 0 Å². The van der Waals surface area contributed by atoms with Gasteiger partial charge in [-0.25, -0.2) is 0 Å². The number of ether oxygens (including phenoxy) is 1. The average molecular weight is 213 g/mol. The Morgan fingerprint density at radius 2 is 1.73 bits per heavy atom. The lowest BCUT2D eigenvalue weighted by atomic mass is 9.95. The molecule has 0 aromatic carbocycles. The summed E-state index contributed by atoms with van der Waals surface area (Å²) >= 11 is 0. The number of hydrogen-bond acceptors (Lipinski definition) is 2. The van der Waals surface area contributed by atoms with Gasteiger partial charge in [0, 0.05) is 18.7 Å². The Labute approximate surface area is 94.8 Å². The zero-order valence-corrected chi connectivity index (χ0v) is 10.8. The van der Waals surface area contributed by atoms with Crippen molar-refractivity contribution in [1.82, 2.24) is 5.32 Å². The third-order valence-electron chi connectivity index (χ3n) is 2.91. The molecule has 1 aliphatic heterocycles. The number of nitrogens with one attached hydrogen (secondary N) is 1. The number of hydrogen-bond donors (Lipinski definition) is 1. The highest BCUT2D eigenvalue weighted by molar-refractivity contribution is 4.78. The van der Waals surface area contributed by atoms with Gasteiger partial charge in [-0.15, -0.1) is 0 Å². The first-order valence-electron chi connectivity index (χ1n) is 6.41. The standard InChI is InChI=1S/C13H27NO/c1-10(2)7-13(8-11(3)4)14-12-5-6-15-9-12/h10-14H,5-9H2,1-4H3. The van der Waals surface area contributed by atoms with Crippen LogP contribution in [0.5, 0.6) is 0 Å². The van der Waals surface area contributed by atoms with Crippen LogP contribution in [0.3, 0.4) is 0 Å². The van der Waals surface area contributed by atoms with Gasteiger partial charge in [0.25, 0.3) is 0 Å². The average Bonchev–Trinajstić information content (AvgIpc) is 2.53. The van der Waals surface area contributed by atoms with Gasteiger partial charge in [-0.2, -0.15) is 0 Å². The van der Waals surface area contributed by atoms with Crippen molar-refractivity contribution in [1.29, 1.82) is 0 Å². The van der Waals surface area contributed by atoms with Crippen LogP contribution in [0.25, 0.3) is 0 Å². The minimum Gasteiger partial charge on any atom is -0.380 e. The lowest BCUT2D eigenvalue weighted by molar-refractivity contribution is 0.185. The van der Waals surface area contributed by atoms with E-state index in [0.717, 1.165) is 25.0 Å². The second-order valence-corrected chi connectivity index (χ2v) is 5.68. The van der Waals surface area contributed by atoms with Crippen LogP contribution in [0, 0.1) is 11.8 Å². The van der Waals surface area contributed by atoms with Gasteiger partial charge in [-0.05, 0) is 31.1 Å². The second-order valence-electron chi connectivity index (χ2n) is 5.68. The Bertz CT molecular complexity index is 152. The molecule has 1 N–H and O–H groups in total. The van der Waals surface area contributed by atoms with Crippen LogP contribution in [0.1, 0.15) is 47.0 Å². The van der Waals surface area contributed by atoms with Crippen LogP contribution >= 0.6 is 0 Å². The maximum Gasteiger partial charge on any atom is 0.0620 e. The largest absolute Gasteiger partial charge is 0.380 e. The van der Waals surface area contributed by atoms with E-state index in [0.29, 0.717) is 12.1 Å². The molecular formula is C13H27NO. The van der Waals surface area contributed by atoms with E-state index in [4.69, 9.17) is 4.74 Å². The Kier molecular flexibility index (Phi) is 5.62. The first-order valence-corrected chi connectivity index (χ1v) is 6.41. The summed E-state index contributed by atoms with van der Waals surface area (Å²) in [6.45, 7) is 11.1. The molecule has 0 aliphatic carbocycles. The molecule has 0 radical (unpaired) electrons. The first-order chi connectivity index (χ1) is 7.08. The van der Waals surface area contributed by atoms with Gasteiger partial charge >= 0.3 is 0 Å². The van der Waals surface area contributed by atoms with Crippen LogP contribution in [-0.4, -0.2) is 25.3 Å². The third kappa shape index (κ3) is 5.53. The Balaban J connectivity index is 2.32. The lowest BCUT2D eigenvalue weighted by Crippen LogP contribution is -2.40. The van der Waals surface area contributed by atoms with Gasteiger partial charge in [0.2, 0.25) is 0 Å². The Morgan fingerprint density at radius 1 is 1.13 bits per heavy atom. The van der Waals surface area contributed by atoms with Crippen LogP contribution in [0.4, 0.5) is 0 Å². The zero-order chi connectivity index (χ0) is 11.3. The molecule has 0 spiro atoms. The van der Waals surface area contributed by atoms with Gasteiger partial charge < -0.3 is 10.1 Å². The van der Waals surface area contributed by atoms with Crippen molar-refractivity contribution in [3.63, 3.8) is 0 Å². The normalized spacial score (nSPS) is 22.2. The summed E-state index contributed by atoms with van der Waals surface area (Å²) in [6.07, 6.45) is 3.76. The monoisotopic (exact) mass is 213 g/mol. The topological polar surface area (TPSA) is 21.3 Å². The predicted octanol–water partition coefficient (Wildman–Crippen LogP) is 2.83. The fourth-order valence-corrected chi connectivity index (χ4v) is 2.37. The minimum atomic E-state index is 0.604. The zero-order valence-electron chi connectivity index (χ0n) is 10.8. The summed E-state index contributed by atoms with van der Waals surface area (Å²) in [5.41, 5.74) is 0. The molecule has 1 aliphatic rings. The van der Waals surface area contributed by atoms with Crippen LogP contribution in [0.2, 0.25) is 0 Å². The maximum atomic E-state index is 5.41. The fourth-order valence-electron chi connectivity index (χ4n) is 2.37. The summed E-state index contributed by atoms with van der Waals surface area (Å²) in [5.74, 6) is 1.56. The predicted molar refractivity (Wildman–Crippen MR) is 65.1 cm³/mol. The van der Waals surface area contributed by atoms with E-state index in [1.807, 2.05) is 0 Å². The van der Waals surface area contributed by atoms with E-state index in [1.54, 1.807) is 0 Å². The van der Waals surface area contributed by atoms with Crippen molar-refractivity contribution in [2.75, 3.05) is 13.2 Å². The van der Waals surface area contributed by atoms with Crippen molar-refractivity contribution in [2.24, 2.45) is 11.8 Å². The minimum absolute atomic E-state index is 0.604. The molecule has 90 valence electrons. The molecular weight excluding hydrogens is 186 g/mol. The molecule has 0 bridgehead atoms. The van der Waals surface area contributed by atoms with E-state index in [-0.39, 0.29) is 0 Å². The molecule has 1 saturated heterocycles. The summed E-state index contributed by atoms with van der Waals surface area (Å²) in [5, 5.41) is 3.75. The molecule has 1 atom stereocenters. The molecule has 2 nitrogen and oxygen atoms in total. The van der Waals surface area contributed by atoms with Crippen LogP contribution in [-0.2, 0) is 4.74 Å². The third-order valence-corrected chi connectivity index (χ3v) is 2.91. The first kappa shape index (κ1) is 13.0. The molecule has 0 saturated carbocycles. The Hall–Kier alpha value is -0.0800. The van der Waals surface area contributed by atoms with Crippen molar-refractivity contribution in [2.45, 2.75) is 59.0 Å². The van der Waals surface area contributed by atoms with Crippen molar-refractivity contribution < 1.29 is 4.74 Å². The van der Waals surface area contributed by atoms with Gasteiger partial charge in [-0.3, -0.25) is 0 Å². The van der Waals surface area contributed by atoms with Crippen LogP contribution < -0.4 is 5.32 Å². The van der Waals surface area contributed by atoms with E-state index >= 15 is 0 Å².